The maximum atomic E-state index is 13.6. The van der Waals surface area contributed by atoms with Crippen molar-refractivity contribution in [2.75, 3.05) is 18.6 Å². The summed E-state index contributed by atoms with van der Waals surface area (Å²) in [5.74, 6) is -0.805. The van der Waals surface area contributed by atoms with Crippen molar-refractivity contribution in [1.29, 1.82) is 0 Å². The summed E-state index contributed by atoms with van der Waals surface area (Å²) in [6.07, 6.45) is 1.56. The molecule has 0 aromatic heterocycles. The highest BCUT2D eigenvalue weighted by Gasteiger charge is 2.16. The molecule has 1 N–H and O–H groups in total. The van der Waals surface area contributed by atoms with Gasteiger partial charge in [-0.1, -0.05) is 12.1 Å². The Labute approximate surface area is 110 Å². The first-order valence-corrected chi connectivity index (χ1v) is 7.67. The van der Waals surface area contributed by atoms with Crippen LogP contribution < -0.4 is 5.32 Å². The minimum atomic E-state index is -3.00. The van der Waals surface area contributed by atoms with Crippen LogP contribution in [0.3, 0.4) is 0 Å². The number of hydrogen-bond donors (Lipinski definition) is 1. The zero-order valence-corrected chi connectivity index (χ0v) is 11.2. The molecular formula is C11H15FN2O4S. The summed E-state index contributed by atoms with van der Waals surface area (Å²) in [7, 11) is -3.00. The molecule has 0 amide bonds. The fourth-order valence-electron chi connectivity index (χ4n) is 1.53. The Balaban J connectivity index is 2.50. The summed E-state index contributed by atoms with van der Waals surface area (Å²) >= 11 is 0. The van der Waals surface area contributed by atoms with Crippen molar-refractivity contribution >= 4 is 15.5 Å². The Bertz CT molecular complexity index is 560. The maximum absolute atomic E-state index is 13.6. The average molecular weight is 290 g/mol. The van der Waals surface area contributed by atoms with E-state index in [1.807, 2.05) is 0 Å². The van der Waals surface area contributed by atoms with E-state index in [1.54, 1.807) is 0 Å². The van der Waals surface area contributed by atoms with Crippen LogP contribution in [-0.2, 0) is 16.4 Å². The SMILES string of the molecule is CS(=O)(=O)CCCNCc1cccc([N+](=O)[O-])c1F. The second-order valence-corrected chi connectivity index (χ2v) is 6.43. The second kappa shape index (κ2) is 6.58. The van der Waals surface area contributed by atoms with E-state index in [-0.39, 0.29) is 17.9 Å². The molecule has 0 saturated heterocycles. The van der Waals surface area contributed by atoms with E-state index >= 15 is 0 Å². The summed E-state index contributed by atoms with van der Waals surface area (Å²) in [6.45, 7) is 0.520. The highest BCUT2D eigenvalue weighted by Crippen LogP contribution is 2.19. The Morgan fingerprint density at radius 1 is 1.42 bits per heavy atom. The van der Waals surface area contributed by atoms with Crippen molar-refractivity contribution in [1.82, 2.24) is 5.32 Å². The number of nitrogens with zero attached hydrogens (tertiary/aromatic N) is 1. The molecule has 0 atom stereocenters. The molecule has 0 heterocycles. The fourth-order valence-corrected chi connectivity index (χ4v) is 2.19. The van der Waals surface area contributed by atoms with Crippen LogP contribution in [-0.4, -0.2) is 31.9 Å². The van der Waals surface area contributed by atoms with E-state index in [9.17, 15) is 22.9 Å². The number of rotatable bonds is 7. The molecule has 1 aromatic carbocycles. The molecule has 0 fully saturated rings. The van der Waals surface area contributed by atoms with Crippen LogP contribution in [0.5, 0.6) is 0 Å². The molecule has 0 spiro atoms. The predicted molar refractivity (Wildman–Crippen MR) is 69.1 cm³/mol. The van der Waals surface area contributed by atoms with Gasteiger partial charge in [0, 0.05) is 24.4 Å². The van der Waals surface area contributed by atoms with E-state index < -0.39 is 26.3 Å². The second-order valence-electron chi connectivity index (χ2n) is 4.17. The van der Waals surface area contributed by atoms with Gasteiger partial charge in [-0.3, -0.25) is 10.1 Å². The zero-order chi connectivity index (χ0) is 14.5. The predicted octanol–water partition coefficient (Wildman–Crippen LogP) is 1.26. The molecule has 6 nitrogen and oxygen atoms in total. The summed E-state index contributed by atoms with van der Waals surface area (Å²) in [5.41, 5.74) is -0.371. The van der Waals surface area contributed by atoms with Crippen molar-refractivity contribution in [3.05, 3.63) is 39.7 Å². The molecule has 0 aliphatic carbocycles. The molecule has 19 heavy (non-hydrogen) atoms. The van der Waals surface area contributed by atoms with Crippen LogP contribution in [0.4, 0.5) is 10.1 Å². The van der Waals surface area contributed by atoms with Crippen LogP contribution >= 0.6 is 0 Å². The van der Waals surface area contributed by atoms with Gasteiger partial charge in [0.15, 0.2) is 0 Å². The summed E-state index contributed by atoms with van der Waals surface area (Å²) in [6, 6.07) is 3.96. The molecule has 0 unspecified atom stereocenters. The average Bonchev–Trinajstić information content (AvgIpc) is 2.28. The first-order valence-electron chi connectivity index (χ1n) is 5.61. The van der Waals surface area contributed by atoms with E-state index in [1.165, 1.54) is 12.1 Å². The van der Waals surface area contributed by atoms with Gasteiger partial charge in [0.1, 0.15) is 9.84 Å². The largest absolute Gasteiger partial charge is 0.313 e. The number of benzene rings is 1. The molecule has 0 saturated carbocycles. The molecule has 0 aliphatic heterocycles. The smallest absolute Gasteiger partial charge is 0.305 e. The lowest BCUT2D eigenvalue weighted by atomic mass is 10.2. The van der Waals surface area contributed by atoms with Crippen LogP contribution in [0.2, 0.25) is 0 Å². The molecule has 0 radical (unpaired) electrons. The minimum absolute atomic E-state index is 0.0530. The maximum Gasteiger partial charge on any atom is 0.305 e. The van der Waals surface area contributed by atoms with Crippen molar-refractivity contribution in [3.63, 3.8) is 0 Å². The van der Waals surface area contributed by atoms with Crippen molar-refractivity contribution in [2.24, 2.45) is 0 Å². The van der Waals surface area contributed by atoms with Gasteiger partial charge in [-0.15, -0.1) is 0 Å². The lowest BCUT2D eigenvalue weighted by Crippen LogP contribution is -2.18. The van der Waals surface area contributed by atoms with E-state index in [2.05, 4.69) is 5.32 Å². The first-order chi connectivity index (χ1) is 8.81. The molecular weight excluding hydrogens is 275 g/mol. The molecule has 8 heteroatoms. The van der Waals surface area contributed by atoms with Crippen LogP contribution in [0.1, 0.15) is 12.0 Å². The lowest BCUT2D eigenvalue weighted by molar-refractivity contribution is -0.387. The van der Waals surface area contributed by atoms with Gasteiger partial charge in [0.05, 0.1) is 10.7 Å². The van der Waals surface area contributed by atoms with Gasteiger partial charge in [-0.05, 0) is 13.0 Å². The standard InChI is InChI=1S/C11H15FN2O4S/c1-19(17,18)7-3-6-13-8-9-4-2-5-10(11(9)12)14(15)16/h2,4-5,13H,3,6-8H2,1H3. The minimum Gasteiger partial charge on any atom is -0.313 e. The quantitative estimate of drug-likeness (QED) is 0.464. The number of halogens is 1. The lowest BCUT2D eigenvalue weighted by Gasteiger charge is -2.05. The fraction of sp³-hybridized carbons (Fsp3) is 0.455. The molecule has 106 valence electrons. The Morgan fingerprint density at radius 2 is 2.11 bits per heavy atom. The highest BCUT2D eigenvalue weighted by molar-refractivity contribution is 7.90. The van der Waals surface area contributed by atoms with Gasteiger partial charge >= 0.3 is 5.69 Å². The topological polar surface area (TPSA) is 89.3 Å². The van der Waals surface area contributed by atoms with Gasteiger partial charge < -0.3 is 5.32 Å². The number of nitro benzene ring substituents is 1. The molecule has 0 bridgehead atoms. The molecule has 1 rings (SSSR count). The van der Waals surface area contributed by atoms with Gasteiger partial charge in [-0.25, -0.2) is 8.42 Å². The third kappa shape index (κ3) is 5.31. The summed E-state index contributed by atoms with van der Waals surface area (Å²) < 4.78 is 35.4. The third-order valence-electron chi connectivity index (χ3n) is 2.44. The van der Waals surface area contributed by atoms with Crippen LogP contribution in [0, 0.1) is 15.9 Å². The van der Waals surface area contributed by atoms with Gasteiger partial charge in [0.2, 0.25) is 5.82 Å². The first kappa shape index (κ1) is 15.5. The molecule has 1 aromatic rings. The molecule has 0 aliphatic rings. The van der Waals surface area contributed by atoms with E-state index in [0.29, 0.717) is 13.0 Å². The van der Waals surface area contributed by atoms with Gasteiger partial charge in [-0.2, -0.15) is 4.39 Å². The van der Waals surface area contributed by atoms with Crippen molar-refractivity contribution < 1.29 is 17.7 Å². The third-order valence-corrected chi connectivity index (χ3v) is 3.47. The Hall–Kier alpha value is -1.54. The monoisotopic (exact) mass is 290 g/mol. The number of hydrogen-bond acceptors (Lipinski definition) is 5. The summed E-state index contributed by atoms with van der Waals surface area (Å²) in [4.78, 5) is 9.76. The normalized spacial score (nSPS) is 11.5. The van der Waals surface area contributed by atoms with E-state index in [4.69, 9.17) is 0 Å². The van der Waals surface area contributed by atoms with Crippen molar-refractivity contribution in [3.8, 4) is 0 Å². The van der Waals surface area contributed by atoms with Crippen LogP contribution in [0.25, 0.3) is 0 Å². The number of nitrogens with one attached hydrogen (secondary N) is 1. The summed E-state index contributed by atoms with van der Waals surface area (Å²) in [5, 5.41) is 13.4. The number of nitro groups is 1. The zero-order valence-electron chi connectivity index (χ0n) is 10.4. The van der Waals surface area contributed by atoms with E-state index in [0.717, 1.165) is 12.3 Å². The Kier molecular flexibility index (Phi) is 5.37. The number of sulfone groups is 1. The highest BCUT2D eigenvalue weighted by atomic mass is 32.2. The van der Waals surface area contributed by atoms with Crippen LogP contribution in [0.15, 0.2) is 18.2 Å². The van der Waals surface area contributed by atoms with Gasteiger partial charge in [0.25, 0.3) is 0 Å². The Morgan fingerprint density at radius 3 is 2.68 bits per heavy atom. The van der Waals surface area contributed by atoms with Crippen molar-refractivity contribution in [2.45, 2.75) is 13.0 Å².